The lowest BCUT2D eigenvalue weighted by Gasteiger charge is -2.23. The summed E-state index contributed by atoms with van der Waals surface area (Å²) in [4.78, 5) is 2.00. The molecule has 0 spiro atoms. The second-order valence-electron chi connectivity index (χ2n) is 8.35. The number of rotatable bonds is 15. The summed E-state index contributed by atoms with van der Waals surface area (Å²) in [5.41, 5.74) is 0. The average Bonchev–Trinajstić information content (AvgIpc) is 3.28. The van der Waals surface area contributed by atoms with Crippen LogP contribution in [0.4, 0.5) is 0 Å². The summed E-state index contributed by atoms with van der Waals surface area (Å²) in [6.07, 6.45) is 11.4. The monoisotopic (exact) mass is 446 g/mol. The van der Waals surface area contributed by atoms with E-state index in [1.807, 2.05) is 12.1 Å². The van der Waals surface area contributed by atoms with Crippen molar-refractivity contribution in [1.82, 2.24) is 0 Å². The Morgan fingerprint density at radius 2 is 1.83 bits per heavy atom. The van der Waals surface area contributed by atoms with Crippen LogP contribution in [0.5, 0.6) is 0 Å². The Hall–Kier alpha value is -0.170. The third-order valence-electron chi connectivity index (χ3n) is 6.12. The second kappa shape index (κ2) is 14.0. The number of halogens is 1. The van der Waals surface area contributed by atoms with Gasteiger partial charge in [-0.25, -0.2) is 0 Å². The molecule has 1 aliphatic rings. The first-order chi connectivity index (χ1) is 14.1. The summed E-state index contributed by atoms with van der Waals surface area (Å²) < 4.78 is 5.16. The van der Waals surface area contributed by atoms with Gasteiger partial charge in [-0.2, -0.15) is 0 Å². The third-order valence-corrected chi connectivity index (χ3v) is 7.80. The lowest BCUT2D eigenvalue weighted by atomic mass is 9.85. The molecule has 29 heavy (non-hydrogen) atoms. The number of aliphatic hydroxyl groups is 3. The van der Waals surface area contributed by atoms with E-state index in [0.717, 1.165) is 37.0 Å². The summed E-state index contributed by atoms with van der Waals surface area (Å²) in [6.45, 7) is 2.28. The first kappa shape index (κ1) is 25.1. The standard InChI is InChI=1S/C23H39ClO4S/c1-2-3-4-5-6-7-10-19-18(20(24)16-21(19)26)11-8-9-17-12-13-22(29-17)23(27)28-15-14-25/h12-13,18-21,23,25-27H,2-11,14-16H2,1H3. The Morgan fingerprint density at radius 3 is 2.59 bits per heavy atom. The minimum atomic E-state index is -0.959. The molecule has 5 unspecified atom stereocenters. The maximum absolute atomic E-state index is 10.5. The van der Waals surface area contributed by atoms with Crippen LogP contribution in [-0.4, -0.2) is 40.0 Å². The van der Waals surface area contributed by atoms with Crippen LogP contribution in [0.3, 0.4) is 0 Å². The highest BCUT2D eigenvalue weighted by Crippen LogP contribution is 2.42. The molecule has 5 atom stereocenters. The van der Waals surface area contributed by atoms with Crippen LogP contribution in [0.15, 0.2) is 12.1 Å². The van der Waals surface area contributed by atoms with Gasteiger partial charge in [-0.05, 0) is 56.1 Å². The molecule has 1 aromatic rings. The molecule has 0 radical (unpaired) electrons. The van der Waals surface area contributed by atoms with Gasteiger partial charge in [0, 0.05) is 10.3 Å². The molecule has 0 aromatic carbocycles. The van der Waals surface area contributed by atoms with Crippen molar-refractivity contribution in [2.24, 2.45) is 11.8 Å². The highest BCUT2D eigenvalue weighted by molar-refractivity contribution is 7.12. The van der Waals surface area contributed by atoms with Crippen molar-refractivity contribution in [2.75, 3.05) is 13.2 Å². The summed E-state index contributed by atoms with van der Waals surface area (Å²) in [6, 6.07) is 3.94. The number of hydrogen-bond donors (Lipinski definition) is 3. The van der Waals surface area contributed by atoms with E-state index in [2.05, 4.69) is 6.92 Å². The number of thiophene rings is 1. The first-order valence-electron chi connectivity index (χ1n) is 11.4. The van der Waals surface area contributed by atoms with Gasteiger partial charge in [0.05, 0.1) is 24.2 Å². The molecular formula is C23H39ClO4S. The van der Waals surface area contributed by atoms with Crippen molar-refractivity contribution < 1.29 is 20.1 Å². The van der Waals surface area contributed by atoms with Gasteiger partial charge >= 0.3 is 0 Å². The van der Waals surface area contributed by atoms with E-state index in [4.69, 9.17) is 21.4 Å². The van der Waals surface area contributed by atoms with Crippen LogP contribution in [0.25, 0.3) is 0 Å². The van der Waals surface area contributed by atoms with Gasteiger partial charge in [-0.3, -0.25) is 0 Å². The van der Waals surface area contributed by atoms with Gasteiger partial charge in [0.2, 0.25) is 0 Å². The van der Waals surface area contributed by atoms with Gasteiger partial charge in [-0.1, -0.05) is 45.4 Å². The zero-order chi connectivity index (χ0) is 21.1. The fourth-order valence-electron chi connectivity index (χ4n) is 4.52. The predicted molar refractivity (Wildman–Crippen MR) is 120 cm³/mol. The number of unbranched alkanes of at least 4 members (excludes halogenated alkanes) is 5. The van der Waals surface area contributed by atoms with Crippen molar-refractivity contribution in [2.45, 2.75) is 95.3 Å². The Morgan fingerprint density at radius 1 is 1.10 bits per heavy atom. The molecule has 4 nitrogen and oxygen atoms in total. The molecule has 1 aliphatic carbocycles. The molecule has 3 N–H and O–H groups in total. The zero-order valence-electron chi connectivity index (χ0n) is 17.8. The Balaban J connectivity index is 1.73. The second-order valence-corrected chi connectivity index (χ2v) is 10.1. The van der Waals surface area contributed by atoms with Gasteiger partial charge in [-0.15, -0.1) is 22.9 Å². The molecule has 0 saturated heterocycles. The van der Waals surface area contributed by atoms with E-state index in [-0.39, 0.29) is 24.7 Å². The van der Waals surface area contributed by atoms with Crippen LogP contribution >= 0.6 is 22.9 Å². The van der Waals surface area contributed by atoms with Crippen LogP contribution in [0.2, 0.25) is 0 Å². The highest BCUT2D eigenvalue weighted by Gasteiger charge is 2.40. The van der Waals surface area contributed by atoms with E-state index in [9.17, 15) is 10.2 Å². The summed E-state index contributed by atoms with van der Waals surface area (Å²) in [7, 11) is 0. The van der Waals surface area contributed by atoms with E-state index >= 15 is 0 Å². The largest absolute Gasteiger partial charge is 0.394 e. The number of hydrogen-bond acceptors (Lipinski definition) is 5. The first-order valence-corrected chi connectivity index (χ1v) is 12.6. The lowest BCUT2D eigenvalue weighted by molar-refractivity contribution is -0.108. The number of aliphatic hydroxyl groups excluding tert-OH is 3. The van der Waals surface area contributed by atoms with E-state index in [1.165, 1.54) is 43.4 Å². The Labute approximate surface area is 185 Å². The molecular weight excluding hydrogens is 408 g/mol. The van der Waals surface area contributed by atoms with Gasteiger partial charge < -0.3 is 20.1 Å². The Kier molecular flexibility index (Phi) is 12.1. The average molecular weight is 447 g/mol. The minimum Gasteiger partial charge on any atom is -0.394 e. The third kappa shape index (κ3) is 8.47. The quantitative estimate of drug-likeness (QED) is 0.191. The molecule has 6 heteroatoms. The number of ether oxygens (including phenoxy) is 1. The molecule has 2 rings (SSSR count). The molecule has 0 aliphatic heterocycles. The molecule has 168 valence electrons. The molecule has 1 saturated carbocycles. The number of alkyl halides is 1. The van der Waals surface area contributed by atoms with E-state index in [1.54, 1.807) is 11.3 Å². The molecule has 1 aromatic heterocycles. The van der Waals surface area contributed by atoms with Crippen molar-refractivity contribution in [3.8, 4) is 0 Å². The lowest BCUT2D eigenvalue weighted by Crippen LogP contribution is -2.21. The molecule has 1 heterocycles. The van der Waals surface area contributed by atoms with Crippen LogP contribution in [-0.2, 0) is 11.2 Å². The normalized spacial score (nSPS) is 25.6. The minimum absolute atomic E-state index is 0.0858. The number of aryl methyl sites for hydroxylation is 1. The van der Waals surface area contributed by atoms with E-state index in [0.29, 0.717) is 11.8 Å². The van der Waals surface area contributed by atoms with Crippen molar-refractivity contribution in [3.63, 3.8) is 0 Å². The van der Waals surface area contributed by atoms with Crippen molar-refractivity contribution in [1.29, 1.82) is 0 Å². The van der Waals surface area contributed by atoms with Gasteiger partial charge in [0.15, 0.2) is 6.29 Å². The van der Waals surface area contributed by atoms with Crippen LogP contribution in [0.1, 0.15) is 87.2 Å². The highest BCUT2D eigenvalue weighted by atomic mass is 35.5. The van der Waals surface area contributed by atoms with Crippen LogP contribution in [0, 0.1) is 11.8 Å². The van der Waals surface area contributed by atoms with E-state index < -0.39 is 6.29 Å². The summed E-state index contributed by atoms with van der Waals surface area (Å²) in [5.74, 6) is 0.747. The van der Waals surface area contributed by atoms with Crippen molar-refractivity contribution in [3.05, 3.63) is 21.9 Å². The SMILES string of the molecule is CCCCCCCCC1C(O)CC(Cl)C1CCCc1ccc(C(O)OCCO)s1. The maximum atomic E-state index is 10.5. The van der Waals surface area contributed by atoms with Gasteiger partial charge in [0.1, 0.15) is 0 Å². The topological polar surface area (TPSA) is 69.9 Å². The van der Waals surface area contributed by atoms with Crippen molar-refractivity contribution >= 4 is 22.9 Å². The smallest absolute Gasteiger partial charge is 0.190 e. The molecule has 0 amide bonds. The van der Waals surface area contributed by atoms with Gasteiger partial charge in [0.25, 0.3) is 0 Å². The summed E-state index contributed by atoms with van der Waals surface area (Å²) in [5, 5.41) is 29.3. The molecule has 1 fully saturated rings. The fourth-order valence-corrected chi connectivity index (χ4v) is 6.00. The Bertz CT molecular complexity index is 553. The zero-order valence-corrected chi connectivity index (χ0v) is 19.3. The fraction of sp³-hybridized carbons (Fsp3) is 0.826. The summed E-state index contributed by atoms with van der Waals surface area (Å²) >= 11 is 8.16. The predicted octanol–water partition coefficient (Wildman–Crippen LogP) is 5.43. The van der Waals surface area contributed by atoms with Crippen LogP contribution < -0.4 is 0 Å². The maximum Gasteiger partial charge on any atom is 0.190 e. The molecule has 0 bridgehead atoms.